The number of carbonyl (C=O) groups excluding carboxylic acids is 1. The smallest absolute Gasteiger partial charge is 0.237 e. The van der Waals surface area contributed by atoms with E-state index >= 15 is 0 Å². The minimum absolute atomic E-state index is 0.0323. The van der Waals surface area contributed by atoms with Gasteiger partial charge in [0.25, 0.3) is 0 Å². The van der Waals surface area contributed by atoms with Crippen LogP contribution in [0, 0.1) is 6.92 Å². The maximum atomic E-state index is 11.8. The van der Waals surface area contributed by atoms with Gasteiger partial charge in [-0.1, -0.05) is 0 Å². The molecule has 1 rings (SSSR count). The Morgan fingerprint density at radius 3 is 2.67 bits per heavy atom. The summed E-state index contributed by atoms with van der Waals surface area (Å²) in [5, 5.41) is 6.16. The van der Waals surface area contributed by atoms with E-state index in [4.69, 9.17) is 0 Å². The van der Waals surface area contributed by atoms with Crippen molar-refractivity contribution < 1.29 is 4.79 Å². The third-order valence-corrected chi connectivity index (χ3v) is 2.62. The van der Waals surface area contributed by atoms with E-state index < -0.39 is 0 Å². The fraction of sp³-hybridized carbons (Fsp3) is 0.692. The molecule has 0 aliphatic carbocycles. The number of hydrogen-bond donors (Lipinski definition) is 2. The van der Waals surface area contributed by atoms with Gasteiger partial charge in [0.15, 0.2) is 0 Å². The van der Waals surface area contributed by atoms with Gasteiger partial charge in [-0.25, -0.2) is 4.98 Å². The van der Waals surface area contributed by atoms with Crippen molar-refractivity contribution in [3.63, 3.8) is 0 Å². The predicted octanol–water partition coefficient (Wildman–Crippen LogP) is 1.08. The van der Waals surface area contributed by atoms with Gasteiger partial charge in [0, 0.05) is 31.0 Å². The Labute approximate surface area is 109 Å². The van der Waals surface area contributed by atoms with Gasteiger partial charge in [-0.05, 0) is 34.6 Å². The van der Waals surface area contributed by atoms with E-state index in [9.17, 15) is 4.79 Å². The zero-order chi connectivity index (χ0) is 13.8. The Balaban J connectivity index is 2.31. The number of hydrogen-bond acceptors (Lipinski definition) is 3. The molecule has 0 aliphatic rings. The maximum absolute atomic E-state index is 11.8. The van der Waals surface area contributed by atoms with Crippen LogP contribution >= 0.6 is 0 Å². The summed E-state index contributed by atoms with van der Waals surface area (Å²) in [5.41, 5.74) is -0.187. The van der Waals surface area contributed by atoms with Gasteiger partial charge in [0.1, 0.15) is 5.82 Å². The number of nitrogens with zero attached hydrogens (tertiary/aromatic N) is 2. The molecule has 1 unspecified atom stereocenters. The van der Waals surface area contributed by atoms with Gasteiger partial charge in [-0.15, -0.1) is 0 Å². The molecular formula is C13H24N4O. The van der Waals surface area contributed by atoms with Gasteiger partial charge < -0.3 is 15.2 Å². The molecule has 0 saturated heterocycles. The molecule has 0 fully saturated rings. The molecule has 5 nitrogen and oxygen atoms in total. The first-order chi connectivity index (χ1) is 8.29. The topological polar surface area (TPSA) is 59.0 Å². The highest BCUT2D eigenvalue weighted by Gasteiger charge is 2.18. The molecule has 0 radical (unpaired) electrons. The first-order valence-corrected chi connectivity index (χ1v) is 6.33. The Morgan fingerprint density at radius 2 is 2.17 bits per heavy atom. The van der Waals surface area contributed by atoms with Crippen molar-refractivity contribution in [3.8, 4) is 0 Å². The predicted molar refractivity (Wildman–Crippen MR) is 72.3 cm³/mol. The quantitative estimate of drug-likeness (QED) is 0.824. The number of carbonyl (C=O) groups is 1. The second-order valence-corrected chi connectivity index (χ2v) is 5.58. The summed E-state index contributed by atoms with van der Waals surface area (Å²) in [7, 11) is 0. The SMILES string of the molecule is Cc1nccn1CCNC(C)C(=O)NC(C)(C)C. The first kappa shape index (κ1) is 14.7. The monoisotopic (exact) mass is 252 g/mol. The van der Waals surface area contributed by atoms with Crippen LogP contribution in [0.3, 0.4) is 0 Å². The van der Waals surface area contributed by atoms with Crippen LogP contribution in [0.15, 0.2) is 12.4 Å². The van der Waals surface area contributed by atoms with E-state index in [1.807, 2.05) is 40.8 Å². The van der Waals surface area contributed by atoms with E-state index in [2.05, 4.69) is 20.2 Å². The molecule has 1 amide bonds. The van der Waals surface area contributed by atoms with Crippen LogP contribution in [0.4, 0.5) is 0 Å². The van der Waals surface area contributed by atoms with Crippen molar-refractivity contribution >= 4 is 5.91 Å². The van der Waals surface area contributed by atoms with E-state index in [-0.39, 0.29) is 17.5 Å². The second-order valence-electron chi connectivity index (χ2n) is 5.58. The molecule has 1 atom stereocenters. The van der Waals surface area contributed by atoms with E-state index in [0.29, 0.717) is 0 Å². The Hall–Kier alpha value is -1.36. The fourth-order valence-electron chi connectivity index (χ4n) is 1.61. The summed E-state index contributed by atoms with van der Waals surface area (Å²) >= 11 is 0. The van der Waals surface area contributed by atoms with Crippen molar-refractivity contribution in [1.82, 2.24) is 20.2 Å². The largest absolute Gasteiger partial charge is 0.350 e. The van der Waals surface area contributed by atoms with Crippen LogP contribution in [0.1, 0.15) is 33.5 Å². The minimum Gasteiger partial charge on any atom is -0.350 e. The normalized spacial score (nSPS) is 13.4. The highest BCUT2D eigenvalue weighted by Crippen LogP contribution is 1.99. The van der Waals surface area contributed by atoms with Crippen LogP contribution in [0.5, 0.6) is 0 Å². The molecule has 5 heteroatoms. The molecule has 102 valence electrons. The van der Waals surface area contributed by atoms with E-state index in [1.165, 1.54) is 0 Å². The molecule has 1 aromatic heterocycles. The molecule has 0 saturated carbocycles. The fourth-order valence-corrected chi connectivity index (χ4v) is 1.61. The molecule has 18 heavy (non-hydrogen) atoms. The summed E-state index contributed by atoms with van der Waals surface area (Å²) in [6, 6.07) is -0.187. The van der Waals surface area contributed by atoms with Crippen LogP contribution in [-0.2, 0) is 11.3 Å². The van der Waals surface area contributed by atoms with Gasteiger partial charge in [-0.3, -0.25) is 4.79 Å². The van der Waals surface area contributed by atoms with Gasteiger partial charge in [0.05, 0.1) is 6.04 Å². The summed E-state index contributed by atoms with van der Waals surface area (Å²) in [5.74, 6) is 1.02. The number of imidazole rings is 1. The average Bonchev–Trinajstić information content (AvgIpc) is 2.62. The average molecular weight is 252 g/mol. The lowest BCUT2D eigenvalue weighted by atomic mass is 10.1. The van der Waals surface area contributed by atoms with E-state index in [1.54, 1.807) is 6.20 Å². The molecule has 0 aromatic carbocycles. The van der Waals surface area contributed by atoms with Crippen LogP contribution < -0.4 is 10.6 Å². The molecular weight excluding hydrogens is 228 g/mol. The van der Waals surface area contributed by atoms with Crippen molar-refractivity contribution in [3.05, 3.63) is 18.2 Å². The van der Waals surface area contributed by atoms with Gasteiger partial charge >= 0.3 is 0 Å². The molecule has 0 spiro atoms. The lowest BCUT2D eigenvalue weighted by Gasteiger charge is -2.23. The number of aromatic nitrogens is 2. The van der Waals surface area contributed by atoms with Gasteiger partial charge in [-0.2, -0.15) is 0 Å². The van der Waals surface area contributed by atoms with Crippen LogP contribution in [0.25, 0.3) is 0 Å². The molecule has 1 aromatic rings. The van der Waals surface area contributed by atoms with E-state index in [0.717, 1.165) is 18.9 Å². The minimum atomic E-state index is -0.187. The zero-order valence-corrected chi connectivity index (χ0v) is 11.9. The molecule has 0 aliphatic heterocycles. The lowest BCUT2D eigenvalue weighted by Crippen LogP contribution is -2.50. The first-order valence-electron chi connectivity index (χ1n) is 6.33. The zero-order valence-electron chi connectivity index (χ0n) is 11.9. The third kappa shape index (κ3) is 4.87. The third-order valence-electron chi connectivity index (χ3n) is 2.62. The summed E-state index contributed by atoms with van der Waals surface area (Å²) in [4.78, 5) is 16.0. The highest BCUT2D eigenvalue weighted by molar-refractivity contribution is 5.81. The summed E-state index contributed by atoms with van der Waals surface area (Å²) in [6.45, 7) is 11.3. The van der Waals surface area contributed by atoms with Gasteiger partial charge in [0.2, 0.25) is 5.91 Å². The number of rotatable bonds is 5. The molecule has 1 heterocycles. The van der Waals surface area contributed by atoms with Crippen LogP contribution in [0.2, 0.25) is 0 Å². The Morgan fingerprint density at radius 1 is 1.50 bits per heavy atom. The second kappa shape index (κ2) is 6.00. The Kier molecular flexibility index (Phi) is 4.90. The molecule has 2 N–H and O–H groups in total. The number of aryl methyl sites for hydroxylation is 1. The number of nitrogens with one attached hydrogen (secondary N) is 2. The van der Waals surface area contributed by atoms with Crippen molar-refractivity contribution in [2.45, 2.75) is 52.7 Å². The van der Waals surface area contributed by atoms with Crippen molar-refractivity contribution in [2.24, 2.45) is 0 Å². The Bertz CT molecular complexity index is 392. The van der Waals surface area contributed by atoms with Crippen molar-refractivity contribution in [1.29, 1.82) is 0 Å². The number of amides is 1. The highest BCUT2D eigenvalue weighted by atomic mass is 16.2. The van der Waals surface area contributed by atoms with Crippen molar-refractivity contribution in [2.75, 3.05) is 6.54 Å². The lowest BCUT2D eigenvalue weighted by molar-refractivity contribution is -0.124. The molecule has 0 bridgehead atoms. The maximum Gasteiger partial charge on any atom is 0.237 e. The van der Waals surface area contributed by atoms with Crippen LogP contribution in [-0.4, -0.2) is 33.6 Å². The standard InChI is InChI=1S/C13H24N4O/c1-10(12(18)16-13(3,4)5)14-6-8-17-9-7-15-11(17)2/h7,9-10,14H,6,8H2,1-5H3,(H,16,18). The summed E-state index contributed by atoms with van der Waals surface area (Å²) < 4.78 is 2.06. The summed E-state index contributed by atoms with van der Waals surface area (Å²) in [6.07, 6.45) is 3.72.